The predicted molar refractivity (Wildman–Crippen MR) is 119 cm³/mol. The quantitative estimate of drug-likeness (QED) is 0.413. The van der Waals surface area contributed by atoms with Crippen molar-refractivity contribution in [2.24, 2.45) is 11.8 Å². The molecular formula is C23H19ClN4O5. The molecule has 0 aliphatic carbocycles. The second-order valence-electron chi connectivity index (χ2n) is 9.08. The van der Waals surface area contributed by atoms with E-state index in [4.69, 9.17) is 11.6 Å². The zero-order valence-corrected chi connectivity index (χ0v) is 18.3. The fourth-order valence-electron chi connectivity index (χ4n) is 6.37. The zero-order chi connectivity index (χ0) is 23.2. The van der Waals surface area contributed by atoms with Gasteiger partial charge in [-0.05, 0) is 50.1 Å². The first-order chi connectivity index (χ1) is 15.8. The van der Waals surface area contributed by atoms with Crippen molar-refractivity contribution in [3.8, 4) is 0 Å². The summed E-state index contributed by atoms with van der Waals surface area (Å²) in [6, 6.07) is 8.73. The molecule has 0 aromatic heterocycles. The van der Waals surface area contributed by atoms with Gasteiger partial charge < -0.3 is 5.32 Å². The van der Waals surface area contributed by atoms with Gasteiger partial charge in [-0.25, -0.2) is 4.90 Å². The SMILES string of the molecule is Cc1cc(Cl)c2c(c1)[C@]1(C(=O)N2)[C@@H]2C(=O)N(c3ccc([N+](=O)[O-])cc3)C(=O)[C@H]2[C@H]2CCCN21. The average molecular weight is 467 g/mol. The Morgan fingerprint density at radius 2 is 1.88 bits per heavy atom. The summed E-state index contributed by atoms with van der Waals surface area (Å²) in [6.45, 7) is 2.48. The zero-order valence-electron chi connectivity index (χ0n) is 17.6. The Kier molecular flexibility index (Phi) is 4.07. The number of carbonyl (C=O) groups excluding carboxylic acids is 3. The summed E-state index contributed by atoms with van der Waals surface area (Å²) >= 11 is 6.47. The van der Waals surface area contributed by atoms with Crippen LogP contribution in [0.1, 0.15) is 24.0 Å². The lowest BCUT2D eigenvalue weighted by Gasteiger charge is -2.36. The maximum atomic E-state index is 13.9. The number of hydrogen-bond acceptors (Lipinski definition) is 6. The lowest BCUT2D eigenvalue weighted by atomic mass is 9.75. The summed E-state index contributed by atoms with van der Waals surface area (Å²) in [5.74, 6) is -2.74. The van der Waals surface area contributed by atoms with E-state index in [1.807, 2.05) is 17.9 Å². The molecule has 3 saturated heterocycles. The number of nitrogens with one attached hydrogen (secondary N) is 1. The summed E-state index contributed by atoms with van der Waals surface area (Å²) in [6.07, 6.45) is 1.52. The molecular weight excluding hydrogens is 448 g/mol. The predicted octanol–water partition coefficient (Wildman–Crippen LogP) is 2.99. The Balaban J connectivity index is 1.53. The summed E-state index contributed by atoms with van der Waals surface area (Å²) in [5, 5.41) is 14.3. The molecule has 4 atom stereocenters. The lowest BCUT2D eigenvalue weighted by molar-refractivity contribution is -0.384. The highest BCUT2D eigenvalue weighted by atomic mass is 35.5. The highest BCUT2D eigenvalue weighted by Crippen LogP contribution is 2.61. The van der Waals surface area contributed by atoms with Gasteiger partial charge in [0.05, 0.1) is 33.2 Å². The first-order valence-corrected chi connectivity index (χ1v) is 11.2. The van der Waals surface area contributed by atoms with Gasteiger partial charge in [-0.1, -0.05) is 17.7 Å². The molecule has 3 fully saturated rings. The maximum Gasteiger partial charge on any atom is 0.269 e. The van der Waals surface area contributed by atoms with Gasteiger partial charge >= 0.3 is 0 Å². The van der Waals surface area contributed by atoms with E-state index in [9.17, 15) is 24.5 Å². The molecule has 0 unspecified atom stereocenters. The van der Waals surface area contributed by atoms with Crippen LogP contribution in [-0.2, 0) is 19.9 Å². The number of benzene rings is 2. The first kappa shape index (κ1) is 20.3. The van der Waals surface area contributed by atoms with Crippen molar-refractivity contribution in [2.75, 3.05) is 16.8 Å². The van der Waals surface area contributed by atoms with E-state index in [1.54, 1.807) is 6.07 Å². The van der Waals surface area contributed by atoms with Gasteiger partial charge in [0, 0.05) is 23.7 Å². The van der Waals surface area contributed by atoms with Crippen LogP contribution in [0.4, 0.5) is 17.1 Å². The summed E-state index contributed by atoms with van der Waals surface area (Å²) < 4.78 is 0. The van der Waals surface area contributed by atoms with Crippen LogP contribution in [0.15, 0.2) is 36.4 Å². The van der Waals surface area contributed by atoms with Crippen LogP contribution in [0, 0.1) is 28.9 Å². The van der Waals surface area contributed by atoms with E-state index in [2.05, 4.69) is 5.32 Å². The summed E-state index contributed by atoms with van der Waals surface area (Å²) in [5.41, 5.74) is 0.823. The Labute approximate surface area is 193 Å². The van der Waals surface area contributed by atoms with Crippen molar-refractivity contribution in [1.82, 2.24) is 4.90 Å². The molecule has 9 nitrogen and oxygen atoms in total. The van der Waals surface area contributed by atoms with Crippen molar-refractivity contribution >= 4 is 46.4 Å². The number of fused-ring (bicyclic) bond motifs is 7. The van der Waals surface area contributed by atoms with E-state index in [0.29, 0.717) is 29.2 Å². The van der Waals surface area contributed by atoms with E-state index in [-0.39, 0.29) is 29.2 Å². The first-order valence-electron chi connectivity index (χ1n) is 10.8. The van der Waals surface area contributed by atoms with Gasteiger partial charge in [-0.15, -0.1) is 0 Å². The molecule has 4 heterocycles. The van der Waals surface area contributed by atoms with Gasteiger partial charge in [-0.3, -0.25) is 29.4 Å². The molecule has 0 saturated carbocycles. The van der Waals surface area contributed by atoms with Gasteiger partial charge in [0.1, 0.15) is 5.54 Å². The molecule has 0 radical (unpaired) electrons. The molecule has 3 amide bonds. The van der Waals surface area contributed by atoms with Gasteiger partial charge in [0.15, 0.2) is 0 Å². The molecule has 0 bridgehead atoms. The molecule has 4 aliphatic heterocycles. The molecule has 6 rings (SSSR count). The fourth-order valence-corrected chi connectivity index (χ4v) is 6.69. The number of nitro benzene ring substituents is 1. The number of hydrogen-bond donors (Lipinski definition) is 1. The van der Waals surface area contributed by atoms with E-state index in [0.717, 1.165) is 16.9 Å². The van der Waals surface area contributed by atoms with Gasteiger partial charge in [0.25, 0.3) is 11.6 Å². The number of nitrogens with zero attached hydrogens (tertiary/aromatic N) is 3. The highest BCUT2D eigenvalue weighted by molar-refractivity contribution is 6.35. The van der Waals surface area contributed by atoms with Crippen LogP contribution in [0.2, 0.25) is 5.02 Å². The molecule has 2 aromatic rings. The number of non-ortho nitro benzene ring substituents is 1. The van der Waals surface area contributed by atoms with Crippen LogP contribution in [0.3, 0.4) is 0 Å². The second kappa shape index (κ2) is 6.61. The van der Waals surface area contributed by atoms with Crippen molar-refractivity contribution < 1.29 is 19.3 Å². The van der Waals surface area contributed by atoms with Crippen LogP contribution < -0.4 is 10.2 Å². The largest absolute Gasteiger partial charge is 0.323 e. The number of nitro groups is 1. The fraction of sp³-hybridized carbons (Fsp3) is 0.348. The number of anilines is 2. The number of imide groups is 1. The van der Waals surface area contributed by atoms with Crippen molar-refractivity contribution in [1.29, 1.82) is 0 Å². The summed E-state index contributed by atoms with van der Waals surface area (Å²) in [7, 11) is 0. The molecule has 168 valence electrons. The molecule has 1 N–H and O–H groups in total. The standard InChI is InChI=1S/C23H19ClN4O5/c1-11-9-14-19(15(24)10-11)25-22(31)23(14)18-17(16-3-2-8-26(16)23)20(29)27(21(18)30)12-4-6-13(7-5-12)28(32)33/h4-7,9-10,16-18H,2-3,8H2,1H3,(H,25,31)/t16-,17+,18+,23-/m1/s1. The monoisotopic (exact) mass is 466 g/mol. The van der Waals surface area contributed by atoms with Crippen LogP contribution >= 0.6 is 11.6 Å². The highest BCUT2D eigenvalue weighted by Gasteiger charge is 2.74. The van der Waals surface area contributed by atoms with Crippen molar-refractivity contribution in [2.45, 2.75) is 31.3 Å². The molecule has 10 heteroatoms. The van der Waals surface area contributed by atoms with E-state index >= 15 is 0 Å². The summed E-state index contributed by atoms with van der Waals surface area (Å²) in [4.78, 5) is 54.8. The molecule has 1 spiro atoms. The van der Waals surface area contributed by atoms with E-state index in [1.165, 1.54) is 24.3 Å². The number of aryl methyl sites for hydroxylation is 1. The minimum absolute atomic E-state index is 0.134. The average Bonchev–Trinajstić information content (AvgIpc) is 3.47. The Bertz CT molecular complexity index is 1280. The van der Waals surface area contributed by atoms with Crippen LogP contribution in [-0.4, -0.2) is 40.1 Å². The van der Waals surface area contributed by atoms with Crippen molar-refractivity contribution in [3.05, 3.63) is 62.7 Å². The number of carbonyl (C=O) groups is 3. The van der Waals surface area contributed by atoms with Gasteiger partial charge in [0.2, 0.25) is 11.8 Å². The van der Waals surface area contributed by atoms with E-state index < -0.39 is 28.2 Å². The Morgan fingerprint density at radius 3 is 2.58 bits per heavy atom. The normalized spacial score (nSPS) is 30.1. The third-order valence-electron chi connectivity index (χ3n) is 7.52. The van der Waals surface area contributed by atoms with Crippen LogP contribution in [0.5, 0.6) is 0 Å². The Hall–Kier alpha value is -3.30. The second-order valence-corrected chi connectivity index (χ2v) is 9.49. The smallest absolute Gasteiger partial charge is 0.269 e. The minimum Gasteiger partial charge on any atom is -0.323 e. The molecule has 33 heavy (non-hydrogen) atoms. The van der Waals surface area contributed by atoms with Crippen molar-refractivity contribution in [3.63, 3.8) is 0 Å². The third-order valence-corrected chi connectivity index (χ3v) is 7.81. The lowest BCUT2D eigenvalue weighted by Crippen LogP contribution is -2.54. The maximum absolute atomic E-state index is 13.9. The molecule has 4 aliphatic rings. The van der Waals surface area contributed by atoms with Gasteiger partial charge in [-0.2, -0.15) is 0 Å². The number of halogens is 1. The van der Waals surface area contributed by atoms with Crippen LogP contribution in [0.25, 0.3) is 0 Å². The number of amides is 3. The topological polar surface area (TPSA) is 113 Å². The molecule has 2 aromatic carbocycles. The number of rotatable bonds is 2. The minimum atomic E-state index is -1.31. The Morgan fingerprint density at radius 1 is 1.15 bits per heavy atom. The third kappa shape index (κ3) is 2.38.